The van der Waals surface area contributed by atoms with Crippen LogP contribution in [0.3, 0.4) is 0 Å². The van der Waals surface area contributed by atoms with Crippen LogP contribution in [0.15, 0.2) is 23.1 Å². The number of benzene rings is 1. The van der Waals surface area contributed by atoms with Gasteiger partial charge in [-0.15, -0.1) is 0 Å². The van der Waals surface area contributed by atoms with Gasteiger partial charge in [-0.3, -0.25) is 10.1 Å². The maximum absolute atomic E-state index is 11.7. The van der Waals surface area contributed by atoms with Crippen molar-refractivity contribution in [1.29, 1.82) is 0 Å². The van der Waals surface area contributed by atoms with Gasteiger partial charge in [0.05, 0.1) is 9.95 Å². The molecule has 0 saturated carbocycles. The maximum atomic E-state index is 11.7. The van der Waals surface area contributed by atoms with E-state index in [1.807, 2.05) is 0 Å². The van der Waals surface area contributed by atoms with Crippen LogP contribution in [0, 0.1) is 10.1 Å². The van der Waals surface area contributed by atoms with Crippen molar-refractivity contribution in [1.82, 2.24) is 4.31 Å². The molecule has 88 valence electrons. The second kappa shape index (κ2) is 4.36. The third-order valence-corrected chi connectivity index (χ3v) is 4.18. The van der Waals surface area contributed by atoms with Gasteiger partial charge in [-0.2, -0.15) is 0 Å². The Bertz CT molecular complexity index is 527. The van der Waals surface area contributed by atoms with Crippen molar-refractivity contribution in [3.05, 3.63) is 33.3 Å². The summed E-state index contributed by atoms with van der Waals surface area (Å²) in [5, 5.41) is 10.3. The minimum absolute atomic E-state index is 0.148. The molecule has 0 N–H and O–H groups in total. The number of rotatable bonds is 3. The number of halogens is 1. The van der Waals surface area contributed by atoms with Gasteiger partial charge in [0.15, 0.2) is 0 Å². The Morgan fingerprint density at radius 2 is 1.94 bits per heavy atom. The summed E-state index contributed by atoms with van der Waals surface area (Å²) in [6.45, 7) is 0. The molecule has 0 aliphatic rings. The predicted octanol–water partition coefficient (Wildman–Crippen LogP) is 1.50. The molecular formula is C8H9ClN2O4S. The smallest absolute Gasteiger partial charge is 0.258 e. The third-order valence-electron chi connectivity index (χ3n) is 1.88. The summed E-state index contributed by atoms with van der Waals surface area (Å²) >= 11 is 5.69. The lowest BCUT2D eigenvalue weighted by Gasteiger charge is -2.12. The molecule has 0 bridgehead atoms. The van der Waals surface area contributed by atoms with Gasteiger partial charge in [0.25, 0.3) is 5.69 Å². The van der Waals surface area contributed by atoms with Crippen molar-refractivity contribution in [3.63, 3.8) is 0 Å². The van der Waals surface area contributed by atoms with E-state index in [9.17, 15) is 18.5 Å². The van der Waals surface area contributed by atoms with Crippen molar-refractivity contribution >= 4 is 27.3 Å². The fourth-order valence-electron chi connectivity index (χ4n) is 1.01. The highest BCUT2D eigenvalue weighted by Gasteiger charge is 2.22. The first-order valence-electron chi connectivity index (χ1n) is 4.13. The van der Waals surface area contributed by atoms with E-state index in [1.54, 1.807) is 0 Å². The van der Waals surface area contributed by atoms with Gasteiger partial charge < -0.3 is 0 Å². The molecule has 8 heteroatoms. The normalized spacial score (nSPS) is 11.8. The van der Waals surface area contributed by atoms with Gasteiger partial charge in [0, 0.05) is 26.2 Å². The van der Waals surface area contributed by atoms with Gasteiger partial charge in [-0.05, 0) is 6.07 Å². The molecule has 0 amide bonds. The summed E-state index contributed by atoms with van der Waals surface area (Å²) in [6, 6.07) is 3.23. The number of nitrogens with zero attached hydrogens (tertiary/aromatic N) is 2. The molecule has 0 saturated heterocycles. The molecule has 1 rings (SSSR count). The SMILES string of the molecule is CN(C)S(=O)(=O)c1ccc([N+](=O)[O-])cc1Cl. The first-order chi connectivity index (χ1) is 7.26. The summed E-state index contributed by atoms with van der Waals surface area (Å²) in [7, 11) is -0.963. The summed E-state index contributed by atoms with van der Waals surface area (Å²) in [6.07, 6.45) is 0. The molecule has 0 radical (unpaired) electrons. The lowest BCUT2D eigenvalue weighted by atomic mass is 10.3. The van der Waals surface area contributed by atoms with Crippen LogP contribution in [-0.2, 0) is 10.0 Å². The van der Waals surface area contributed by atoms with Crippen LogP contribution < -0.4 is 0 Å². The van der Waals surface area contributed by atoms with Crippen molar-refractivity contribution in [3.8, 4) is 0 Å². The van der Waals surface area contributed by atoms with Crippen molar-refractivity contribution in [2.45, 2.75) is 4.90 Å². The number of nitro benzene ring substituents is 1. The minimum Gasteiger partial charge on any atom is -0.258 e. The molecule has 0 aliphatic heterocycles. The predicted molar refractivity (Wildman–Crippen MR) is 59.0 cm³/mol. The standard InChI is InChI=1S/C8H9ClN2O4S/c1-10(2)16(14,15)8-4-3-6(11(12)13)5-7(8)9/h3-5H,1-2H3. The molecule has 1 aromatic rings. The number of hydrogen-bond donors (Lipinski definition) is 0. The van der Waals surface area contributed by atoms with Crippen LogP contribution in [-0.4, -0.2) is 31.7 Å². The zero-order chi connectivity index (χ0) is 12.5. The van der Waals surface area contributed by atoms with Gasteiger partial charge in [0.1, 0.15) is 4.90 Å². The summed E-state index contributed by atoms with van der Waals surface area (Å²) in [5.41, 5.74) is -0.247. The fraction of sp³-hybridized carbons (Fsp3) is 0.250. The Morgan fingerprint density at radius 3 is 2.31 bits per heavy atom. The fourth-order valence-corrected chi connectivity index (χ4v) is 2.42. The lowest BCUT2D eigenvalue weighted by molar-refractivity contribution is -0.384. The van der Waals surface area contributed by atoms with Crippen molar-refractivity contribution < 1.29 is 13.3 Å². The molecule has 0 unspecified atom stereocenters. The van der Waals surface area contributed by atoms with E-state index in [0.717, 1.165) is 22.5 Å². The molecule has 6 nitrogen and oxygen atoms in total. The zero-order valence-corrected chi connectivity index (χ0v) is 10.1. The van der Waals surface area contributed by atoms with Crippen LogP contribution in [0.2, 0.25) is 5.02 Å². The Labute approximate surface area is 97.6 Å². The molecule has 0 aliphatic carbocycles. The molecule has 0 fully saturated rings. The van der Waals surface area contributed by atoms with E-state index in [2.05, 4.69) is 0 Å². The highest BCUT2D eigenvalue weighted by molar-refractivity contribution is 7.89. The molecule has 0 atom stereocenters. The second-order valence-electron chi connectivity index (χ2n) is 3.16. The highest BCUT2D eigenvalue weighted by atomic mass is 35.5. The lowest BCUT2D eigenvalue weighted by Crippen LogP contribution is -2.22. The number of non-ortho nitro benzene ring substituents is 1. The van der Waals surface area contributed by atoms with E-state index in [4.69, 9.17) is 11.6 Å². The summed E-state index contributed by atoms with van der Waals surface area (Å²) in [4.78, 5) is 9.65. The van der Waals surface area contributed by atoms with Gasteiger partial charge >= 0.3 is 0 Å². The first-order valence-corrected chi connectivity index (χ1v) is 5.95. The zero-order valence-electron chi connectivity index (χ0n) is 8.55. The van der Waals surface area contributed by atoms with Crippen molar-refractivity contribution in [2.75, 3.05) is 14.1 Å². The molecule has 16 heavy (non-hydrogen) atoms. The van der Waals surface area contributed by atoms with E-state index >= 15 is 0 Å². The van der Waals surface area contributed by atoms with Crippen LogP contribution in [0.25, 0.3) is 0 Å². The maximum Gasteiger partial charge on any atom is 0.271 e. The first kappa shape index (κ1) is 12.9. The van der Waals surface area contributed by atoms with Gasteiger partial charge in [-0.25, -0.2) is 12.7 Å². The Kier molecular flexibility index (Phi) is 3.51. The highest BCUT2D eigenvalue weighted by Crippen LogP contribution is 2.27. The number of nitro groups is 1. The van der Waals surface area contributed by atoms with E-state index in [1.165, 1.54) is 14.1 Å². The third kappa shape index (κ3) is 2.31. The average molecular weight is 265 g/mol. The minimum atomic E-state index is -3.67. The largest absolute Gasteiger partial charge is 0.271 e. The topological polar surface area (TPSA) is 80.5 Å². The quantitative estimate of drug-likeness (QED) is 0.612. The van der Waals surface area contributed by atoms with E-state index in [-0.39, 0.29) is 15.6 Å². The van der Waals surface area contributed by atoms with Gasteiger partial charge in [-0.1, -0.05) is 11.6 Å². The molecule has 0 aromatic heterocycles. The molecule has 0 spiro atoms. The Hall–Kier alpha value is -1.18. The van der Waals surface area contributed by atoms with E-state index in [0.29, 0.717) is 0 Å². The molecular weight excluding hydrogens is 256 g/mol. The van der Waals surface area contributed by atoms with Crippen molar-refractivity contribution in [2.24, 2.45) is 0 Å². The second-order valence-corrected chi connectivity index (χ2v) is 5.69. The van der Waals surface area contributed by atoms with Gasteiger partial charge in [0.2, 0.25) is 10.0 Å². The Balaban J connectivity index is 3.35. The Morgan fingerprint density at radius 1 is 1.38 bits per heavy atom. The summed E-state index contributed by atoms with van der Waals surface area (Å²) in [5.74, 6) is 0. The summed E-state index contributed by atoms with van der Waals surface area (Å²) < 4.78 is 24.4. The molecule has 0 heterocycles. The monoisotopic (exact) mass is 264 g/mol. The number of sulfonamides is 1. The van der Waals surface area contributed by atoms with Crippen LogP contribution >= 0.6 is 11.6 Å². The molecule has 1 aromatic carbocycles. The van der Waals surface area contributed by atoms with E-state index < -0.39 is 14.9 Å². The number of hydrogen-bond acceptors (Lipinski definition) is 4. The average Bonchev–Trinajstić information content (AvgIpc) is 2.16. The van der Waals surface area contributed by atoms with Crippen LogP contribution in [0.4, 0.5) is 5.69 Å². The van der Waals surface area contributed by atoms with Crippen LogP contribution in [0.5, 0.6) is 0 Å². The van der Waals surface area contributed by atoms with Crippen LogP contribution in [0.1, 0.15) is 0 Å².